The van der Waals surface area contributed by atoms with E-state index in [2.05, 4.69) is 115 Å². The van der Waals surface area contributed by atoms with Gasteiger partial charge in [-0.1, -0.05) is 133 Å². The molecule has 0 N–H and O–H groups in total. The molecule has 0 fully saturated rings. The molecule has 252 valence electrons. The summed E-state index contributed by atoms with van der Waals surface area (Å²) in [6, 6.07) is 60.5. The fraction of sp³-hybridized carbons (Fsp3) is 0. The van der Waals surface area contributed by atoms with Gasteiger partial charge in [0.1, 0.15) is 22.3 Å². The van der Waals surface area contributed by atoms with Crippen molar-refractivity contribution in [2.24, 2.45) is 0 Å². The fourth-order valence-electron chi connectivity index (χ4n) is 7.68. The zero-order valence-corrected chi connectivity index (χ0v) is 28.9. The molecule has 0 aliphatic rings. The summed E-state index contributed by atoms with van der Waals surface area (Å²) in [5.74, 6) is 1.72. The summed E-state index contributed by atoms with van der Waals surface area (Å²) < 4.78 is 13.0. The Balaban J connectivity index is 1.15. The lowest BCUT2D eigenvalue weighted by atomic mass is 9.96. The number of hydrogen-bond acceptors (Lipinski definition) is 5. The van der Waals surface area contributed by atoms with E-state index in [1.807, 2.05) is 60.7 Å². The van der Waals surface area contributed by atoms with Crippen LogP contribution in [-0.2, 0) is 0 Å². The van der Waals surface area contributed by atoms with Crippen LogP contribution in [-0.4, -0.2) is 15.0 Å². The fourth-order valence-corrected chi connectivity index (χ4v) is 7.68. The van der Waals surface area contributed by atoms with E-state index in [9.17, 15) is 0 Å². The average Bonchev–Trinajstić information content (AvgIpc) is 3.82. The molecule has 0 saturated heterocycles. The van der Waals surface area contributed by atoms with Crippen molar-refractivity contribution in [3.05, 3.63) is 176 Å². The van der Waals surface area contributed by atoms with Crippen molar-refractivity contribution in [1.29, 1.82) is 0 Å². The van der Waals surface area contributed by atoms with E-state index >= 15 is 0 Å². The normalized spacial score (nSPS) is 11.7. The molecule has 0 spiro atoms. The minimum Gasteiger partial charge on any atom is -0.456 e. The smallest absolute Gasteiger partial charge is 0.164 e. The molecule has 5 nitrogen and oxygen atoms in total. The van der Waals surface area contributed by atoms with E-state index in [1.165, 1.54) is 11.1 Å². The summed E-state index contributed by atoms with van der Waals surface area (Å²) >= 11 is 0. The Morgan fingerprint density at radius 3 is 1.74 bits per heavy atom. The van der Waals surface area contributed by atoms with Crippen molar-refractivity contribution in [2.75, 3.05) is 0 Å². The van der Waals surface area contributed by atoms with E-state index in [1.54, 1.807) is 0 Å². The van der Waals surface area contributed by atoms with Gasteiger partial charge in [-0.25, -0.2) is 15.0 Å². The maximum Gasteiger partial charge on any atom is 0.164 e. The average molecular weight is 692 g/mol. The van der Waals surface area contributed by atoms with E-state index < -0.39 is 0 Å². The zero-order valence-electron chi connectivity index (χ0n) is 28.9. The molecule has 0 amide bonds. The van der Waals surface area contributed by atoms with Gasteiger partial charge in [-0.2, -0.15) is 0 Å². The van der Waals surface area contributed by atoms with Crippen molar-refractivity contribution in [3.8, 4) is 56.4 Å². The standard InChI is InChI=1S/C49H29N3O2/c1-3-12-30(13-4-1)32-17-11-18-33(26-32)34-23-25-43-40(27-34)45-41(28-35-16-7-8-19-37(35)46(45)54-43)49-51-47(31-14-5-2-6-15-31)50-48(52-49)36-22-24-39-38-20-9-10-21-42(38)53-44(39)29-36/h1-29H. The second-order valence-electron chi connectivity index (χ2n) is 13.6. The van der Waals surface area contributed by atoms with Gasteiger partial charge in [0.2, 0.25) is 0 Å². The maximum atomic E-state index is 6.73. The Morgan fingerprint density at radius 1 is 0.315 bits per heavy atom. The topological polar surface area (TPSA) is 65.0 Å². The van der Waals surface area contributed by atoms with Crippen LogP contribution < -0.4 is 0 Å². The zero-order chi connectivity index (χ0) is 35.6. The largest absolute Gasteiger partial charge is 0.456 e. The number of fused-ring (bicyclic) bond motifs is 8. The minimum atomic E-state index is 0.564. The van der Waals surface area contributed by atoms with Crippen LogP contribution in [0.25, 0.3) is 111 Å². The molecule has 11 aromatic rings. The van der Waals surface area contributed by atoms with Crippen molar-refractivity contribution in [3.63, 3.8) is 0 Å². The van der Waals surface area contributed by atoms with Gasteiger partial charge in [0.25, 0.3) is 0 Å². The summed E-state index contributed by atoms with van der Waals surface area (Å²) in [4.78, 5) is 15.5. The second kappa shape index (κ2) is 12.1. The molecule has 0 unspecified atom stereocenters. The van der Waals surface area contributed by atoms with Crippen LogP contribution in [0.3, 0.4) is 0 Å². The molecule has 0 saturated carbocycles. The molecular formula is C49H29N3O2. The molecule has 0 radical (unpaired) electrons. The molecule has 0 aliphatic heterocycles. The Morgan fingerprint density at radius 2 is 0.907 bits per heavy atom. The van der Waals surface area contributed by atoms with Crippen LogP contribution >= 0.6 is 0 Å². The predicted octanol–water partition coefficient (Wildman–Crippen LogP) is 13.2. The van der Waals surface area contributed by atoms with Crippen LogP contribution in [0.15, 0.2) is 185 Å². The third kappa shape index (κ3) is 4.98. The Bertz CT molecular complexity index is 3220. The first kappa shape index (κ1) is 30.3. The Kier molecular flexibility index (Phi) is 6.79. The highest BCUT2D eigenvalue weighted by Crippen LogP contribution is 2.42. The first-order chi connectivity index (χ1) is 26.7. The van der Waals surface area contributed by atoms with Crippen molar-refractivity contribution in [2.45, 2.75) is 0 Å². The van der Waals surface area contributed by atoms with Gasteiger partial charge >= 0.3 is 0 Å². The first-order valence-corrected chi connectivity index (χ1v) is 18.0. The van der Waals surface area contributed by atoms with Crippen LogP contribution in [0.4, 0.5) is 0 Å². The van der Waals surface area contributed by atoms with Gasteiger partial charge in [0, 0.05) is 43.6 Å². The molecule has 0 bridgehead atoms. The minimum absolute atomic E-state index is 0.564. The van der Waals surface area contributed by atoms with Crippen molar-refractivity contribution >= 4 is 54.6 Å². The second-order valence-corrected chi connectivity index (χ2v) is 13.6. The van der Waals surface area contributed by atoms with E-state index in [0.717, 1.165) is 82.5 Å². The van der Waals surface area contributed by atoms with Gasteiger partial charge in [-0.3, -0.25) is 0 Å². The van der Waals surface area contributed by atoms with Gasteiger partial charge in [0.15, 0.2) is 17.5 Å². The lowest BCUT2D eigenvalue weighted by Gasteiger charge is -2.11. The summed E-state index contributed by atoms with van der Waals surface area (Å²) in [5, 5.41) is 6.18. The molecule has 11 rings (SSSR count). The number of aromatic nitrogens is 3. The lowest BCUT2D eigenvalue weighted by Crippen LogP contribution is -2.00. The van der Waals surface area contributed by atoms with E-state index in [0.29, 0.717) is 17.5 Å². The lowest BCUT2D eigenvalue weighted by molar-refractivity contribution is 0.669. The maximum absolute atomic E-state index is 6.73. The summed E-state index contributed by atoms with van der Waals surface area (Å²) in [5.41, 5.74) is 10.5. The monoisotopic (exact) mass is 691 g/mol. The summed E-state index contributed by atoms with van der Waals surface area (Å²) in [6.07, 6.45) is 0. The SMILES string of the molecule is c1ccc(-c2cccc(-c3ccc4oc5c6ccccc6cc(-c6nc(-c7ccccc7)nc(-c7ccc8c(c7)oc7ccccc78)n6)c5c4c3)c2)cc1. The molecule has 8 aromatic carbocycles. The highest BCUT2D eigenvalue weighted by molar-refractivity contribution is 6.21. The van der Waals surface area contributed by atoms with Crippen molar-refractivity contribution in [1.82, 2.24) is 15.0 Å². The molecule has 3 heterocycles. The molecule has 0 aliphatic carbocycles. The van der Waals surface area contributed by atoms with Crippen LogP contribution in [0, 0.1) is 0 Å². The van der Waals surface area contributed by atoms with Crippen molar-refractivity contribution < 1.29 is 8.83 Å². The number of benzene rings is 8. The number of para-hydroxylation sites is 1. The van der Waals surface area contributed by atoms with Crippen LogP contribution in [0.5, 0.6) is 0 Å². The quantitative estimate of drug-likeness (QED) is 0.180. The molecule has 3 aromatic heterocycles. The number of rotatable bonds is 5. The predicted molar refractivity (Wildman–Crippen MR) is 219 cm³/mol. The number of furan rings is 2. The van der Waals surface area contributed by atoms with Gasteiger partial charge in [0.05, 0.1) is 0 Å². The number of hydrogen-bond donors (Lipinski definition) is 0. The molecular weight excluding hydrogens is 663 g/mol. The van der Waals surface area contributed by atoms with Crippen LogP contribution in [0.1, 0.15) is 0 Å². The first-order valence-electron chi connectivity index (χ1n) is 18.0. The van der Waals surface area contributed by atoms with Gasteiger partial charge in [-0.15, -0.1) is 0 Å². The third-order valence-corrected chi connectivity index (χ3v) is 10.3. The Labute approximate surface area is 309 Å². The van der Waals surface area contributed by atoms with Gasteiger partial charge in [-0.05, 0) is 70.1 Å². The highest BCUT2D eigenvalue weighted by Gasteiger charge is 2.21. The molecule has 5 heteroatoms. The summed E-state index contributed by atoms with van der Waals surface area (Å²) in [7, 11) is 0. The van der Waals surface area contributed by atoms with E-state index in [-0.39, 0.29) is 0 Å². The molecule has 0 atom stereocenters. The van der Waals surface area contributed by atoms with Crippen LogP contribution in [0.2, 0.25) is 0 Å². The van der Waals surface area contributed by atoms with E-state index in [4.69, 9.17) is 23.8 Å². The summed E-state index contributed by atoms with van der Waals surface area (Å²) in [6.45, 7) is 0. The highest BCUT2D eigenvalue weighted by atomic mass is 16.3. The third-order valence-electron chi connectivity index (χ3n) is 10.3. The molecule has 54 heavy (non-hydrogen) atoms. The number of nitrogens with zero attached hydrogens (tertiary/aromatic N) is 3. The van der Waals surface area contributed by atoms with Gasteiger partial charge < -0.3 is 8.83 Å². The Hall–Kier alpha value is -7.37.